The van der Waals surface area contributed by atoms with E-state index in [1.807, 2.05) is 48.5 Å². The van der Waals surface area contributed by atoms with E-state index in [2.05, 4.69) is 5.48 Å². The molecule has 2 aromatic rings. The van der Waals surface area contributed by atoms with Crippen LogP contribution in [0.3, 0.4) is 0 Å². The van der Waals surface area contributed by atoms with Gasteiger partial charge in [0, 0.05) is 6.07 Å². The Morgan fingerprint density at radius 1 is 1.04 bits per heavy atom. The van der Waals surface area contributed by atoms with Crippen molar-refractivity contribution in [2.45, 2.75) is 12.3 Å². The first kappa shape index (κ1) is 16.8. The second-order valence-electron chi connectivity index (χ2n) is 5.02. The van der Waals surface area contributed by atoms with Gasteiger partial charge in [-0.25, -0.2) is 5.48 Å². The Balaban J connectivity index is 2.33. The summed E-state index contributed by atoms with van der Waals surface area (Å²) in [6, 6.07) is 15.2. The van der Waals surface area contributed by atoms with E-state index in [-0.39, 0.29) is 11.8 Å². The van der Waals surface area contributed by atoms with Gasteiger partial charge in [0.05, 0.1) is 27.2 Å². The summed E-state index contributed by atoms with van der Waals surface area (Å²) < 4.78 is 10.6. The summed E-state index contributed by atoms with van der Waals surface area (Å²) in [5.74, 6) is 0.828. The van der Waals surface area contributed by atoms with Gasteiger partial charge in [-0.1, -0.05) is 36.4 Å². The second kappa shape index (κ2) is 8.19. The van der Waals surface area contributed by atoms with Crippen LogP contribution >= 0.6 is 0 Å². The number of benzene rings is 2. The minimum Gasteiger partial charge on any atom is -0.497 e. The fourth-order valence-corrected chi connectivity index (χ4v) is 2.46. The number of carbonyl (C=O) groups is 1. The Hall–Kier alpha value is -2.53. The summed E-state index contributed by atoms with van der Waals surface area (Å²) >= 11 is 0. The molecule has 122 valence electrons. The third kappa shape index (κ3) is 4.23. The highest BCUT2D eigenvalue weighted by molar-refractivity contribution is 5.83. The van der Waals surface area contributed by atoms with Crippen molar-refractivity contribution in [3.05, 3.63) is 59.7 Å². The fraction of sp³-hybridized carbons (Fsp3) is 0.278. The Morgan fingerprint density at radius 3 is 2.39 bits per heavy atom. The van der Waals surface area contributed by atoms with Gasteiger partial charge < -0.3 is 9.47 Å². The molecule has 0 bridgehead atoms. The third-order valence-electron chi connectivity index (χ3n) is 3.64. The minimum atomic E-state index is -0.376. The number of ether oxygens (including phenoxy) is 2. The van der Waals surface area contributed by atoms with E-state index in [9.17, 15) is 4.79 Å². The zero-order valence-corrected chi connectivity index (χ0v) is 13.5. The molecule has 0 saturated heterocycles. The lowest BCUT2D eigenvalue weighted by Crippen LogP contribution is -2.29. The molecule has 0 saturated carbocycles. The van der Waals surface area contributed by atoms with Crippen LogP contribution in [0.2, 0.25) is 0 Å². The summed E-state index contributed by atoms with van der Waals surface area (Å²) in [5, 5.41) is 0. The molecule has 2 rings (SSSR count). The zero-order valence-electron chi connectivity index (χ0n) is 13.5. The molecule has 1 unspecified atom stereocenters. The van der Waals surface area contributed by atoms with Crippen LogP contribution < -0.4 is 15.0 Å². The van der Waals surface area contributed by atoms with Crippen molar-refractivity contribution in [2.24, 2.45) is 0 Å². The topological polar surface area (TPSA) is 56.8 Å². The van der Waals surface area contributed by atoms with Gasteiger partial charge in [0.2, 0.25) is 0 Å². The number of amides is 1. The molecule has 0 aliphatic heterocycles. The molecule has 0 aromatic heterocycles. The molecule has 1 amide bonds. The van der Waals surface area contributed by atoms with Crippen molar-refractivity contribution in [2.75, 3.05) is 21.3 Å². The van der Waals surface area contributed by atoms with Gasteiger partial charge in [0.15, 0.2) is 0 Å². The van der Waals surface area contributed by atoms with Gasteiger partial charge in [0.1, 0.15) is 11.5 Å². The Bertz CT molecular complexity index is 643. The monoisotopic (exact) mass is 315 g/mol. The average Bonchev–Trinajstić information content (AvgIpc) is 2.60. The standard InChI is InChI=1S/C18H21NO4/c1-21-15-10-9-14(17(12-15)22-2)11-16(18(20)19-23-3)13-7-5-4-6-8-13/h4-10,12,16H,11H2,1-3H3,(H,19,20). The SMILES string of the molecule is CONC(=O)C(Cc1ccc(OC)cc1OC)c1ccccc1. The molecule has 0 fully saturated rings. The van der Waals surface area contributed by atoms with E-state index in [1.54, 1.807) is 14.2 Å². The third-order valence-corrected chi connectivity index (χ3v) is 3.64. The summed E-state index contributed by atoms with van der Waals surface area (Å²) in [7, 11) is 4.63. The van der Waals surface area contributed by atoms with Crippen molar-refractivity contribution < 1.29 is 19.1 Å². The summed E-state index contributed by atoms with van der Waals surface area (Å²) in [4.78, 5) is 17.2. The quantitative estimate of drug-likeness (QED) is 0.798. The largest absolute Gasteiger partial charge is 0.497 e. The van der Waals surface area contributed by atoms with Crippen LogP contribution in [0.15, 0.2) is 48.5 Å². The number of hydrogen-bond acceptors (Lipinski definition) is 4. The zero-order chi connectivity index (χ0) is 16.7. The second-order valence-corrected chi connectivity index (χ2v) is 5.02. The van der Waals surface area contributed by atoms with Gasteiger partial charge >= 0.3 is 0 Å². The predicted molar refractivity (Wildman–Crippen MR) is 87.6 cm³/mol. The number of carbonyl (C=O) groups excluding carboxylic acids is 1. The van der Waals surface area contributed by atoms with Crippen molar-refractivity contribution in [1.82, 2.24) is 5.48 Å². The van der Waals surface area contributed by atoms with Crippen molar-refractivity contribution >= 4 is 5.91 Å². The summed E-state index contributed by atoms with van der Waals surface area (Å²) in [6.07, 6.45) is 0.492. The summed E-state index contributed by atoms with van der Waals surface area (Å²) in [5.41, 5.74) is 4.26. The van der Waals surface area contributed by atoms with E-state index >= 15 is 0 Å². The smallest absolute Gasteiger partial charge is 0.251 e. The van der Waals surface area contributed by atoms with Gasteiger partial charge in [-0.2, -0.15) is 0 Å². The molecule has 0 spiro atoms. The number of methoxy groups -OCH3 is 2. The number of rotatable bonds is 7. The fourth-order valence-electron chi connectivity index (χ4n) is 2.46. The van der Waals surface area contributed by atoms with Gasteiger partial charge in [-0.15, -0.1) is 0 Å². The lowest BCUT2D eigenvalue weighted by Gasteiger charge is -2.18. The van der Waals surface area contributed by atoms with Crippen LogP contribution in [0.25, 0.3) is 0 Å². The van der Waals surface area contributed by atoms with Gasteiger partial charge in [-0.05, 0) is 23.6 Å². The Morgan fingerprint density at radius 2 is 1.78 bits per heavy atom. The molecule has 5 nitrogen and oxygen atoms in total. The minimum absolute atomic E-state index is 0.198. The van der Waals surface area contributed by atoms with Crippen molar-refractivity contribution in [3.63, 3.8) is 0 Å². The molecule has 2 aromatic carbocycles. The molecule has 5 heteroatoms. The molecular formula is C18H21NO4. The molecule has 0 heterocycles. The van der Waals surface area contributed by atoms with E-state index in [4.69, 9.17) is 14.3 Å². The van der Waals surface area contributed by atoms with Crippen LogP contribution in [0.5, 0.6) is 11.5 Å². The van der Waals surface area contributed by atoms with Gasteiger partial charge in [0.25, 0.3) is 5.91 Å². The molecule has 0 aliphatic carbocycles. The van der Waals surface area contributed by atoms with E-state index in [0.717, 1.165) is 11.1 Å². The molecule has 0 radical (unpaired) electrons. The number of hydrogen-bond donors (Lipinski definition) is 1. The molecule has 0 aliphatic rings. The van der Waals surface area contributed by atoms with Crippen LogP contribution in [-0.2, 0) is 16.1 Å². The first-order valence-corrected chi connectivity index (χ1v) is 7.28. The Labute approximate surface area is 136 Å². The maximum atomic E-state index is 12.4. The average molecular weight is 315 g/mol. The Kier molecular flexibility index (Phi) is 6.00. The lowest BCUT2D eigenvalue weighted by molar-refractivity contribution is -0.132. The highest BCUT2D eigenvalue weighted by Gasteiger charge is 2.22. The normalized spacial score (nSPS) is 11.6. The predicted octanol–water partition coefficient (Wildman–Crippen LogP) is 2.71. The molecule has 1 atom stereocenters. The van der Waals surface area contributed by atoms with E-state index < -0.39 is 0 Å². The highest BCUT2D eigenvalue weighted by atomic mass is 16.6. The molecule has 1 N–H and O–H groups in total. The van der Waals surface area contributed by atoms with Crippen LogP contribution in [0.1, 0.15) is 17.0 Å². The maximum Gasteiger partial charge on any atom is 0.251 e. The first-order valence-electron chi connectivity index (χ1n) is 7.28. The highest BCUT2D eigenvalue weighted by Crippen LogP contribution is 2.30. The van der Waals surface area contributed by atoms with Crippen LogP contribution in [-0.4, -0.2) is 27.2 Å². The van der Waals surface area contributed by atoms with E-state index in [0.29, 0.717) is 17.9 Å². The van der Waals surface area contributed by atoms with Crippen molar-refractivity contribution in [3.8, 4) is 11.5 Å². The van der Waals surface area contributed by atoms with Crippen molar-refractivity contribution in [1.29, 1.82) is 0 Å². The molecule has 23 heavy (non-hydrogen) atoms. The van der Waals surface area contributed by atoms with Gasteiger partial charge in [-0.3, -0.25) is 9.63 Å². The maximum absolute atomic E-state index is 12.4. The summed E-state index contributed by atoms with van der Waals surface area (Å²) in [6.45, 7) is 0. The first-order chi connectivity index (χ1) is 11.2. The number of nitrogens with one attached hydrogen (secondary N) is 1. The lowest BCUT2D eigenvalue weighted by atomic mass is 9.91. The molecular weight excluding hydrogens is 294 g/mol. The van der Waals surface area contributed by atoms with Crippen LogP contribution in [0, 0.1) is 0 Å². The number of hydroxylamine groups is 1. The van der Waals surface area contributed by atoms with E-state index in [1.165, 1.54) is 7.11 Å². The van der Waals surface area contributed by atoms with Crippen LogP contribution in [0.4, 0.5) is 0 Å².